The van der Waals surface area contributed by atoms with Crippen LogP contribution in [0.1, 0.15) is 27.2 Å². The summed E-state index contributed by atoms with van der Waals surface area (Å²) in [7, 11) is 0. The molecule has 0 aromatic heterocycles. The SMILES string of the molecule is CCOC(=O)C(C)(N)CC(C)Sc1cc(F)ccc1F. The van der Waals surface area contributed by atoms with Crippen molar-refractivity contribution in [2.24, 2.45) is 5.73 Å². The minimum Gasteiger partial charge on any atom is -0.465 e. The molecule has 2 unspecified atom stereocenters. The monoisotopic (exact) mass is 303 g/mol. The molecule has 112 valence electrons. The first-order valence-corrected chi connectivity index (χ1v) is 7.22. The van der Waals surface area contributed by atoms with Crippen LogP contribution in [0.5, 0.6) is 0 Å². The van der Waals surface area contributed by atoms with Crippen LogP contribution in [0.25, 0.3) is 0 Å². The molecular weight excluding hydrogens is 284 g/mol. The molecule has 0 fully saturated rings. The van der Waals surface area contributed by atoms with E-state index < -0.39 is 23.1 Å². The van der Waals surface area contributed by atoms with E-state index in [0.717, 1.165) is 30.0 Å². The lowest BCUT2D eigenvalue weighted by Gasteiger charge is -2.25. The van der Waals surface area contributed by atoms with E-state index in [9.17, 15) is 13.6 Å². The molecule has 20 heavy (non-hydrogen) atoms. The first-order chi connectivity index (χ1) is 9.26. The lowest BCUT2D eigenvalue weighted by atomic mass is 9.98. The van der Waals surface area contributed by atoms with Gasteiger partial charge in [-0.2, -0.15) is 0 Å². The highest BCUT2D eigenvalue weighted by molar-refractivity contribution is 8.00. The maximum atomic E-state index is 13.5. The highest BCUT2D eigenvalue weighted by Crippen LogP contribution is 2.30. The van der Waals surface area contributed by atoms with E-state index in [0.29, 0.717) is 6.42 Å². The molecule has 0 saturated carbocycles. The summed E-state index contributed by atoms with van der Waals surface area (Å²) in [4.78, 5) is 11.9. The van der Waals surface area contributed by atoms with Gasteiger partial charge in [0.05, 0.1) is 6.61 Å². The van der Waals surface area contributed by atoms with Gasteiger partial charge in [-0.25, -0.2) is 8.78 Å². The van der Waals surface area contributed by atoms with Gasteiger partial charge in [0.25, 0.3) is 0 Å². The molecule has 0 radical (unpaired) electrons. The molecule has 1 rings (SSSR count). The van der Waals surface area contributed by atoms with Crippen molar-refractivity contribution in [3.8, 4) is 0 Å². The Labute approximate surface area is 121 Å². The van der Waals surface area contributed by atoms with Gasteiger partial charge in [-0.3, -0.25) is 4.79 Å². The van der Waals surface area contributed by atoms with Crippen LogP contribution in [0.4, 0.5) is 8.78 Å². The molecular formula is C14H19F2NO2S. The third-order valence-corrected chi connectivity index (χ3v) is 3.81. The summed E-state index contributed by atoms with van der Waals surface area (Å²) in [5, 5.41) is -0.161. The Morgan fingerprint density at radius 3 is 2.75 bits per heavy atom. The highest BCUT2D eigenvalue weighted by atomic mass is 32.2. The molecule has 0 aliphatic heterocycles. The van der Waals surface area contributed by atoms with E-state index in [1.54, 1.807) is 20.8 Å². The molecule has 0 aliphatic carbocycles. The fraction of sp³-hybridized carbons (Fsp3) is 0.500. The van der Waals surface area contributed by atoms with Crippen LogP contribution in [0, 0.1) is 11.6 Å². The van der Waals surface area contributed by atoms with Crippen LogP contribution in [0.2, 0.25) is 0 Å². The predicted molar refractivity (Wildman–Crippen MR) is 75.5 cm³/mol. The van der Waals surface area contributed by atoms with Gasteiger partial charge >= 0.3 is 5.97 Å². The smallest absolute Gasteiger partial charge is 0.325 e. The zero-order valence-electron chi connectivity index (χ0n) is 11.8. The first-order valence-electron chi connectivity index (χ1n) is 6.34. The number of nitrogens with two attached hydrogens (primary N) is 1. The molecule has 1 aromatic rings. The van der Waals surface area contributed by atoms with Crippen molar-refractivity contribution in [3.05, 3.63) is 29.8 Å². The lowest BCUT2D eigenvalue weighted by Crippen LogP contribution is -2.47. The van der Waals surface area contributed by atoms with Gasteiger partial charge in [-0.1, -0.05) is 6.92 Å². The Bertz CT molecular complexity index is 480. The van der Waals surface area contributed by atoms with E-state index in [4.69, 9.17) is 10.5 Å². The number of carbonyl (C=O) groups excluding carboxylic acids is 1. The standard InChI is InChI=1S/C14H19F2NO2S/c1-4-19-13(18)14(3,17)8-9(2)20-12-7-10(15)5-6-11(12)16/h5-7,9H,4,8,17H2,1-3H3. The van der Waals surface area contributed by atoms with E-state index in [1.807, 2.05) is 0 Å². The van der Waals surface area contributed by atoms with Crippen molar-refractivity contribution >= 4 is 17.7 Å². The third kappa shape index (κ3) is 4.76. The Balaban J connectivity index is 2.69. The number of esters is 1. The molecule has 2 atom stereocenters. The maximum Gasteiger partial charge on any atom is 0.325 e. The number of thioether (sulfide) groups is 1. The zero-order valence-corrected chi connectivity index (χ0v) is 12.6. The van der Waals surface area contributed by atoms with Gasteiger partial charge in [-0.15, -0.1) is 11.8 Å². The van der Waals surface area contributed by atoms with E-state index in [2.05, 4.69) is 0 Å². The van der Waals surface area contributed by atoms with E-state index in [1.165, 1.54) is 0 Å². The van der Waals surface area contributed by atoms with Crippen LogP contribution < -0.4 is 5.73 Å². The fourth-order valence-electron chi connectivity index (χ4n) is 1.80. The lowest BCUT2D eigenvalue weighted by molar-refractivity contribution is -0.149. The van der Waals surface area contributed by atoms with Gasteiger partial charge < -0.3 is 10.5 Å². The molecule has 1 aromatic carbocycles. The number of hydrogen-bond donors (Lipinski definition) is 1. The number of halogens is 2. The largest absolute Gasteiger partial charge is 0.465 e. The van der Waals surface area contributed by atoms with Crippen molar-refractivity contribution in [3.63, 3.8) is 0 Å². The third-order valence-electron chi connectivity index (χ3n) is 2.67. The molecule has 2 N–H and O–H groups in total. The number of carbonyl (C=O) groups is 1. The van der Waals surface area contributed by atoms with Crippen molar-refractivity contribution in [2.75, 3.05) is 6.61 Å². The quantitative estimate of drug-likeness (QED) is 0.648. The Morgan fingerprint density at radius 1 is 1.50 bits per heavy atom. The summed E-state index contributed by atoms with van der Waals surface area (Å²) in [6.07, 6.45) is 0.298. The van der Waals surface area contributed by atoms with Crippen LogP contribution in [-0.2, 0) is 9.53 Å². The van der Waals surface area contributed by atoms with Crippen LogP contribution >= 0.6 is 11.8 Å². The minimum absolute atomic E-state index is 0.161. The second-order valence-electron chi connectivity index (χ2n) is 4.85. The summed E-state index contributed by atoms with van der Waals surface area (Å²) in [5.74, 6) is -1.48. The van der Waals surface area contributed by atoms with E-state index in [-0.39, 0.29) is 16.8 Å². The van der Waals surface area contributed by atoms with Crippen molar-refractivity contribution in [2.45, 2.75) is 42.9 Å². The number of benzene rings is 1. The molecule has 0 heterocycles. The molecule has 6 heteroatoms. The van der Waals surface area contributed by atoms with Gasteiger partial charge in [0, 0.05) is 10.1 Å². The Kier molecular flexibility index (Phi) is 5.95. The van der Waals surface area contributed by atoms with Crippen LogP contribution in [-0.4, -0.2) is 23.4 Å². The topological polar surface area (TPSA) is 52.3 Å². The number of ether oxygens (including phenoxy) is 1. The molecule has 0 spiro atoms. The molecule has 0 amide bonds. The average molecular weight is 303 g/mol. The highest BCUT2D eigenvalue weighted by Gasteiger charge is 2.32. The van der Waals surface area contributed by atoms with Crippen molar-refractivity contribution in [1.82, 2.24) is 0 Å². The molecule has 3 nitrogen and oxygen atoms in total. The minimum atomic E-state index is -1.15. The molecule has 0 bridgehead atoms. The number of rotatable bonds is 6. The average Bonchev–Trinajstić information content (AvgIpc) is 2.33. The normalized spacial score (nSPS) is 15.5. The van der Waals surface area contributed by atoms with Crippen molar-refractivity contribution in [1.29, 1.82) is 0 Å². The summed E-state index contributed by atoms with van der Waals surface area (Å²) in [6, 6.07) is 3.28. The summed E-state index contributed by atoms with van der Waals surface area (Å²) >= 11 is 1.14. The van der Waals surface area contributed by atoms with Gasteiger partial charge in [0.2, 0.25) is 0 Å². The summed E-state index contributed by atoms with van der Waals surface area (Å²) in [6.45, 7) is 5.34. The molecule has 0 aliphatic rings. The van der Waals surface area contributed by atoms with Gasteiger partial charge in [0.1, 0.15) is 17.2 Å². The summed E-state index contributed by atoms with van der Waals surface area (Å²) < 4.78 is 31.5. The van der Waals surface area contributed by atoms with Crippen LogP contribution in [0.15, 0.2) is 23.1 Å². The van der Waals surface area contributed by atoms with Crippen LogP contribution in [0.3, 0.4) is 0 Å². The second kappa shape index (κ2) is 7.04. The van der Waals surface area contributed by atoms with Gasteiger partial charge in [0.15, 0.2) is 0 Å². The number of hydrogen-bond acceptors (Lipinski definition) is 4. The summed E-state index contributed by atoms with van der Waals surface area (Å²) in [5.41, 5.74) is 4.77. The Hall–Kier alpha value is -1.14. The van der Waals surface area contributed by atoms with Crippen molar-refractivity contribution < 1.29 is 18.3 Å². The molecule has 0 saturated heterocycles. The van der Waals surface area contributed by atoms with Gasteiger partial charge in [-0.05, 0) is 38.5 Å². The second-order valence-corrected chi connectivity index (χ2v) is 6.33. The van der Waals surface area contributed by atoms with E-state index >= 15 is 0 Å². The fourth-order valence-corrected chi connectivity index (χ4v) is 3.03. The predicted octanol–water partition coefficient (Wildman–Crippen LogP) is 3.12. The maximum absolute atomic E-state index is 13.5. The first kappa shape index (κ1) is 16.9. The Morgan fingerprint density at radius 2 is 2.15 bits per heavy atom. The zero-order chi connectivity index (χ0) is 15.3.